The Hall–Kier alpha value is -2.31. The highest BCUT2D eigenvalue weighted by molar-refractivity contribution is 6.31. The van der Waals surface area contributed by atoms with Crippen molar-refractivity contribution in [3.05, 3.63) is 52.3 Å². The van der Waals surface area contributed by atoms with Crippen molar-refractivity contribution >= 4 is 46.4 Å². The lowest BCUT2D eigenvalue weighted by molar-refractivity contribution is -0.122. The zero-order valence-corrected chi connectivity index (χ0v) is 15.3. The summed E-state index contributed by atoms with van der Waals surface area (Å²) in [7, 11) is 1.49. The quantitative estimate of drug-likeness (QED) is 0.844. The average Bonchev–Trinajstić information content (AvgIpc) is 3.00. The van der Waals surface area contributed by atoms with Crippen molar-refractivity contribution in [3.8, 4) is 5.75 Å². The van der Waals surface area contributed by atoms with E-state index in [1.165, 1.54) is 30.2 Å². The first kappa shape index (κ1) is 18.5. The van der Waals surface area contributed by atoms with Crippen LogP contribution in [0.1, 0.15) is 6.42 Å². The van der Waals surface area contributed by atoms with Crippen molar-refractivity contribution in [2.24, 2.45) is 5.92 Å². The molecule has 0 saturated carbocycles. The number of benzene rings is 2. The lowest BCUT2D eigenvalue weighted by Gasteiger charge is -2.20. The van der Waals surface area contributed by atoms with Gasteiger partial charge in [0.05, 0.1) is 24.4 Å². The highest BCUT2D eigenvalue weighted by atomic mass is 35.5. The monoisotopic (exact) mass is 396 g/mol. The summed E-state index contributed by atoms with van der Waals surface area (Å²) in [5.74, 6) is -1.45. The van der Waals surface area contributed by atoms with Crippen LogP contribution in [0.3, 0.4) is 0 Å². The standard InChI is InChI=1S/C18H15Cl2FN2O3/c1-26-16-5-3-12(20)8-15(16)23-9-10(6-17(23)24)18(25)22-14-7-11(19)2-4-13(14)21/h2-5,7-8,10H,6,9H2,1H3,(H,22,25). The second kappa shape index (κ2) is 7.51. The van der Waals surface area contributed by atoms with Gasteiger partial charge in [0.15, 0.2) is 0 Å². The van der Waals surface area contributed by atoms with Gasteiger partial charge < -0.3 is 15.0 Å². The first-order valence-corrected chi connectivity index (χ1v) is 8.54. The number of amides is 2. The molecule has 0 spiro atoms. The predicted molar refractivity (Wildman–Crippen MR) is 98.5 cm³/mol. The van der Waals surface area contributed by atoms with Crippen LogP contribution in [-0.2, 0) is 9.59 Å². The van der Waals surface area contributed by atoms with Gasteiger partial charge in [0.1, 0.15) is 11.6 Å². The van der Waals surface area contributed by atoms with Crippen LogP contribution < -0.4 is 15.0 Å². The van der Waals surface area contributed by atoms with Crippen molar-refractivity contribution in [3.63, 3.8) is 0 Å². The first-order valence-electron chi connectivity index (χ1n) is 7.79. The first-order chi connectivity index (χ1) is 12.4. The van der Waals surface area contributed by atoms with Crippen LogP contribution in [0.4, 0.5) is 15.8 Å². The summed E-state index contributed by atoms with van der Waals surface area (Å²) >= 11 is 11.8. The van der Waals surface area contributed by atoms with E-state index in [0.717, 1.165) is 0 Å². The Bertz CT molecular complexity index is 876. The number of carbonyl (C=O) groups excluding carboxylic acids is 2. The van der Waals surface area contributed by atoms with Crippen LogP contribution in [-0.4, -0.2) is 25.5 Å². The maximum Gasteiger partial charge on any atom is 0.229 e. The highest BCUT2D eigenvalue weighted by Gasteiger charge is 2.36. The van der Waals surface area contributed by atoms with Crippen LogP contribution in [0.15, 0.2) is 36.4 Å². The van der Waals surface area contributed by atoms with Crippen molar-refractivity contribution in [1.29, 1.82) is 0 Å². The molecule has 2 amide bonds. The number of nitrogens with one attached hydrogen (secondary N) is 1. The third-order valence-corrected chi connectivity index (χ3v) is 4.58. The summed E-state index contributed by atoms with van der Waals surface area (Å²) < 4.78 is 19.1. The number of rotatable bonds is 4. The van der Waals surface area contributed by atoms with Crippen LogP contribution in [0.2, 0.25) is 10.0 Å². The van der Waals surface area contributed by atoms with Crippen molar-refractivity contribution < 1.29 is 18.7 Å². The van der Waals surface area contributed by atoms with Crippen molar-refractivity contribution in [1.82, 2.24) is 0 Å². The fraction of sp³-hybridized carbons (Fsp3) is 0.222. The van der Waals surface area contributed by atoms with Crippen LogP contribution >= 0.6 is 23.2 Å². The molecule has 2 aromatic rings. The Balaban J connectivity index is 1.78. The molecule has 3 rings (SSSR count). The molecule has 136 valence electrons. The minimum absolute atomic E-state index is 0.00366. The molecular formula is C18H15Cl2FN2O3. The summed E-state index contributed by atoms with van der Waals surface area (Å²) in [5, 5.41) is 3.24. The van der Waals surface area contributed by atoms with E-state index in [0.29, 0.717) is 21.5 Å². The van der Waals surface area contributed by atoms with E-state index in [1.807, 2.05) is 0 Å². The van der Waals surface area contributed by atoms with Gasteiger partial charge in [-0.2, -0.15) is 0 Å². The third kappa shape index (κ3) is 3.76. The Morgan fingerprint density at radius 3 is 2.65 bits per heavy atom. The number of anilines is 2. The Labute approximate surface area is 159 Å². The predicted octanol–water partition coefficient (Wildman–Crippen LogP) is 4.13. The lowest BCUT2D eigenvalue weighted by atomic mass is 10.1. The van der Waals surface area contributed by atoms with E-state index in [1.54, 1.807) is 18.2 Å². The summed E-state index contributed by atoms with van der Waals surface area (Å²) in [6.07, 6.45) is 0.00366. The van der Waals surface area contributed by atoms with Gasteiger partial charge in [-0.3, -0.25) is 9.59 Å². The van der Waals surface area contributed by atoms with Gasteiger partial charge in [0.25, 0.3) is 0 Å². The molecule has 2 aromatic carbocycles. The molecule has 0 bridgehead atoms. The maximum absolute atomic E-state index is 13.8. The van der Waals surface area contributed by atoms with Gasteiger partial charge in [-0.05, 0) is 36.4 Å². The van der Waals surface area contributed by atoms with Gasteiger partial charge in [0.2, 0.25) is 11.8 Å². The van der Waals surface area contributed by atoms with Crippen LogP contribution in [0.25, 0.3) is 0 Å². The number of methoxy groups -OCH3 is 1. The number of halogens is 3. The molecule has 26 heavy (non-hydrogen) atoms. The van der Waals surface area contributed by atoms with E-state index in [4.69, 9.17) is 27.9 Å². The molecule has 1 aliphatic heterocycles. The fourth-order valence-corrected chi connectivity index (χ4v) is 3.16. The second-order valence-electron chi connectivity index (χ2n) is 5.83. The van der Waals surface area contributed by atoms with E-state index in [2.05, 4.69) is 5.32 Å². The number of hydrogen-bond acceptors (Lipinski definition) is 3. The number of nitrogens with zero attached hydrogens (tertiary/aromatic N) is 1. The lowest BCUT2D eigenvalue weighted by Crippen LogP contribution is -2.28. The van der Waals surface area contributed by atoms with Crippen LogP contribution in [0.5, 0.6) is 5.75 Å². The van der Waals surface area contributed by atoms with Gasteiger partial charge in [-0.15, -0.1) is 0 Å². The summed E-state index contributed by atoms with van der Waals surface area (Å²) in [4.78, 5) is 26.3. The van der Waals surface area contributed by atoms with Crippen LogP contribution in [0, 0.1) is 11.7 Å². The Morgan fingerprint density at radius 1 is 1.23 bits per heavy atom. The number of ether oxygens (including phenoxy) is 1. The van der Waals surface area contributed by atoms with Gasteiger partial charge in [0, 0.05) is 23.0 Å². The van der Waals surface area contributed by atoms with E-state index >= 15 is 0 Å². The van der Waals surface area contributed by atoms with E-state index in [-0.39, 0.29) is 24.6 Å². The number of carbonyl (C=O) groups is 2. The Morgan fingerprint density at radius 2 is 1.92 bits per heavy atom. The van der Waals surface area contributed by atoms with Gasteiger partial charge >= 0.3 is 0 Å². The molecule has 1 atom stereocenters. The minimum Gasteiger partial charge on any atom is -0.495 e. The summed E-state index contributed by atoms with van der Waals surface area (Å²) in [6.45, 7) is 0.142. The van der Waals surface area contributed by atoms with Gasteiger partial charge in [-0.1, -0.05) is 23.2 Å². The molecular weight excluding hydrogens is 382 g/mol. The summed E-state index contributed by atoms with van der Waals surface area (Å²) in [5.41, 5.74) is 0.475. The van der Waals surface area contributed by atoms with Gasteiger partial charge in [-0.25, -0.2) is 4.39 Å². The van der Waals surface area contributed by atoms with E-state index in [9.17, 15) is 14.0 Å². The number of hydrogen-bond donors (Lipinski definition) is 1. The molecule has 1 fully saturated rings. The molecule has 0 aromatic heterocycles. The molecule has 8 heteroatoms. The normalized spacial score (nSPS) is 16.7. The highest BCUT2D eigenvalue weighted by Crippen LogP contribution is 2.35. The van der Waals surface area contributed by atoms with E-state index < -0.39 is 17.6 Å². The third-order valence-electron chi connectivity index (χ3n) is 4.11. The fourth-order valence-electron chi connectivity index (χ4n) is 2.82. The molecule has 1 unspecified atom stereocenters. The molecule has 1 aliphatic rings. The largest absolute Gasteiger partial charge is 0.495 e. The second-order valence-corrected chi connectivity index (χ2v) is 6.71. The van der Waals surface area contributed by atoms with Crippen molar-refractivity contribution in [2.45, 2.75) is 6.42 Å². The minimum atomic E-state index is -0.635. The topological polar surface area (TPSA) is 58.6 Å². The zero-order valence-electron chi connectivity index (χ0n) is 13.8. The van der Waals surface area contributed by atoms with Crippen molar-refractivity contribution in [2.75, 3.05) is 23.9 Å². The zero-order chi connectivity index (χ0) is 18.8. The molecule has 1 N–H and O–H groups in total. The Kier molecular flexibility index (Phi) is 5.34. The molecule has 5 nitrogen and oxygen atoms in total. The molecule has 0 radical (unpaired) electrons. The summed E-state index contributed by atoms with van der Waals surface area (Å²) in [6, 6.07) is 8.79. The maximum atomic E-state index is 13.8. The molecule has 1 saturated heterocycles. The average molecular weight is 397 g/mol. The molecule has 0 aliphatic carbocycles. The SMILES string of the molecule is COc1ccc(Cl)cc1N1CC(C(=O)Nc2cc(Cl)ccc2F)CC1=O. The molecule has 1 heterocycles. The smallest absolute Gasteiger partial charge is 0.229 e.